The Morgan fingerprint density at radius 2 is 1.56 bits per heavy atom. The molecular weight excluding hydrogens is 294 g/mol. The van der Waals surface area contributed by atoms with E-state index in [0.29, 0.717) is 21.2 Å². The fraction of sp³-hybridized carbons (Fsp3) is 0.0769. The van der Waals surface area contributed by atoms with E-state index in [9.17, 15) is 10.2 Å². The maximum Gasteiger partial charge on any atom is 0.120 e. The molecule has 0 fully saturated rings. The van der Waals surface area contributed by atoms with Crippen molar-refractivity contribution < 1.29 is 10.2 Å². The highest BCUT2D eigenvalue weighted by atomic mass is 35.5. The first-order valence-electron chi connectivity index (χ1n) is 5.12. The van der Waals surface area contributed by atoms with Gasteiger partial charge < -0.3 is 10.2 Å². The third-order valence-corrected chi connectivity index (χ3v) is 3.66. The molecule has 2 aromatic rings. The van der Waals surface area contributed by atoms with Crippen LogP contribution in [0.2, 0.25) is 15.1 Å². The predicted octanol–water partition coefficient (Wildman–Crippen LogP) is 4.65. The zero-order valence-electron chi connectivity index (χ0n) is 9.12. The topological polar surface area (TPSA) is 40.5 Å². The lowest BCUT2D eigenvalue weighted by Gasteiger charge is -2.10. The Kier molecular flexibility index (Phi) is 3.91. The smallest absolute Gasteiger partial charge is 0.120 e. The molecule has 0 radical (unpaired) electrons. The Hall–Kier alpha value is -1.09. The van der Waals surface area contributed by atoms with Gasteiger partial charge in [-0.15, -0.1) is 0 Å². The Bertz CT molecular complexity index is 597. The molecule has 2 nitrogen and oxygen atoms in total. The van der Waals surface area contributed by atoms with Crippen molar-refractivity contribution in [2.45, 2.75) is 6.42 Å². The summed E-state index contributed by atoms with van der Waals surface area (Å²) in [6.07, 6.45) is 0.248. The van der Waals surface area contributed by atoms with Crippen molar-refractivity contribution in [1.82, 2.24) is 0 Å². The second kappa shape index (κ2) is 5.27. The molecule has 0 saturated carbocycles. The standard InChI is InChI=1S/C13H9Cl3O2/c14-8-1-3-11(17)7(5-8)6-9-12(18)4-2-10(15)13(9)16/h1-5,17-18H,6H2. The van der Waals surface area contributed by atoms with E-state index in [4.69, 9.17) is 34.8 Å². The zero-order chi connectivity index (χ0) is 13.3. The molecule has 0 saturated heterocycles. The lowest BCUT2D eigenvalue weighted by atomic mass is 10.0. The largest absolute Gasteiger partial charge is 0.508 e. The van der Waals surface area contributed by atoms with Crippen LogP contribution in [-0.4, -0.2) is 10.2 Å². The number of aromatic hydroxyl groups is 2. The summed E-state index contributed by atoms with van der Waals surface area (Å²) in [4.78, 5) is 0. The Balaban J connectivity index is 2.46. The Morgan fingerprint density at radius 1 is 0.889 bits per heavy atom. The molecule has 5 heteroatoms. The first kappa shape index (κ1) is 13.3. The maximum absolute atomic E-state index is 9.78. The fourth-order valence-electron chi connectivity index (χ4n) is 1.64. The number of halogens is 3. The van der Waals surface area contributed by atoms with E-state index in [1.807, 2.05) is 0 Å². The number of benzene rings is 2. The van der Waals surface area contributed by atoms with E-state index in [1.165, 1.54) is 18.2 Å². The molecule has 18 heavy (non-hydrogen) atoms. The summed E-state index contributed by atoms with van der Waals surface area (Å²) >= 11 is 17.8. The molecule has 2 rings (SSSR count). The molecule has 0 bridgehead atoms. The molecule has 0 aliphatic rings. The molecule has 0 heterocycles. The highest BCUT2D eigenvalue weighted by Crippen LogP contribution is 2.35. The fourth-order valence-corrected chi connectivity index (χ4v) is 2.24. The molecule has 0 aliphatic heterocycles. The van der Waals surface area contributed by atoms with Gasteiger partial charge in [-0.25, -0.2) is 0 Å². The van der Waals surface area contributed by atoms with Gasteiger partial charge in [-0.1, -0.05) is 34.8 Å². The average molecular weight is 304 g/mol. The van der Waals surface area contributed by atoms with Crippen molar-refractivity contribution in [3.05, 3.63) is 56.5 Å². The van der Waals surface area contributed by atoms with Gasteiger partial charge in [-0.05, 0) is 35.9 Å². The van der Waals surface area contributed by atoms with Crippen molar-refractivity contribution in [3.8, 4) is 11.5 Å². The van der Waals surface area contributed by atoms with Gasteiger partial charge in [0.25, 0.3) is 0 Å². The van der Waals surface area contributed by atoms with Crippen LogP contribution in [-0.2, 0) is 6.42 Å². The average Bonchev–Trinajstić information content (AvgIpc) is 2.34. The van der Waals surface area contributed by atoms with Crippen molar-refractivity contribution in [2.75, 3.05) is 0 Å². The second-order valence-electron chi connectivity index (χ2n) is 3.81. The molecule has 2 aromatic carbocycles. The van der Waals surface area contributed by atoms with Crippen LogP contribution in [0.5, 0.6) is 11.5 Å². The lowest BCUT2D eigenvalue weighted by molar-refractivity contribution is 0.463. The van der Waals surface area contributed by atoms with Crippen molar-refractivity contribution in [1.29, 1.82) is 0 Å². The van der Waals surface area contributed by atoms with E-state index in [1.54, 1.807) is 12.1 Å². The molecule has 0 atom stereocenters. The van der Waals surface area contributed by atoms with Crippen LogP contribution in [0.4, 0.5) is 0 Å². The van der Waals surface area contributed by atoms with Gasteiger partial charge in [0.05, 0.1) is 10.0 Å². The van der Waals surface area contributed by atoms with Crippen molar-refractivity contribution >= 4 is 34.8 Å². The summed E-state index contributed by atoms with van der Waals surface area (Å²) in [7, 11) is 0. The first-order chi connectivity index (χ1) is 8.49. The van der Waals surface area contributed by atoms with Crippen LogP contribution in [0.1, 0.15) is 11.1 Å². The minimum absolute atomic E-state index is 0.0313. The van der Waals surface area contributed by atoms with Gasteiger partial charge in [0, 0.05) is 17.0 Å². The third kappa shape index (κ3) is 2.66. The molecule has 0 aliphatic carbocycles. The van der Waals surface area contributed by atoms with E-state index < -0.39 is 0 Å². The minimum Gasteiger partial charge on any atom is -0.508 e. The van der Waals surface area contributed by atoms with Crippen LogP contribution in [0, 0.1) is 0 Å². The normalized spacial score (nSPS) is 10.6. The van der Waals surface area contributed by atoms with Gasteiger partial charge in [-0.3, -0.25) is 0 Å². The monoisotopic (exact) mass is 302 g/mol. The number of hydrogen-bond donors (Lipinski definition) is 2. The predicted molar refractivity (Wildman–Crippen MR) is 74.0 cm³/mol. The molecular formula is C13H9Cl3O2. The van der Waals surface area contributed by atoms with Gasteiger partial charge in [0.15, 0.2) is 0 Å². The van der Waals surface area contributed by atoms with Crippen LogP contribution >= 0.6 is 34.8 Å². The van der Waals surface area contributed by atoms with E-state index in [0.717, 1.165) is 0 Å². The van der Waals surface area contributed by atoms with Crippen LogP contribution in [0.3, 0.4) is 0 Å². The summed E-state index contributed by atoms with van der Waals surface area (Å²) < 4.78 is 0. The molecule has 0 amide bonds. The van der Waals surface area contributed by atoms with Gasteiger partial charge in [0.2, 0.25) is 0 Å². The van der Waals surface area contributed by atoms with Crippen molar-refractivity contribution in [2.24, 2.45) is 0 Å². The van der Waals surface area contributed by atoms with E-state index in [2.05, 4.69) is 0 Å². The van der Waals surface area contributed by atoms with Crippen LogP contribution in [0.25, 0.3) is 0 Å². The summed E-state index contributed by atoms with van der Waals surface area (Å²) in [6, 6.07) is 7.67. The Morgan fingerprint density at radius 3 is 2.28 bits per heavy atom. The number of phenolic OH excluding ortho intramolecular Hbond substituents is 2. The molecule has 0 spiro atoms. The summed E-state index contributed by atoms with van der Waals surface area (Å²) in [5.74, 6) is 0.124. The molecule has 94 valence electrons. The van der Waals surface area contributed by atoms with Crippen LogP contribution in [0.15, 0.2) is 30.3 Å². The van der Waals surface area contributed by atoms with E-state index in [-0.39, 0.29) is 22.9 Å². The quantitative estimate of drug-likeness (QED) is 0.848. The van der Waals surface area contributed by atoms with Crippen LogP contribution < -0.4 is 0 Å². The summed E-state index contributed by atoms with van der Waals surface area (Å²) in [5, 5.41) is 20.6. The highest BCUT2D eigenvalue weighted by Gasteiger charge is 2.13. The number of hydrogen-bond acceptors (Lipinski definition) is 2. The SMILES string of the molecule is Oc1ccc(Cl)cc1Cc1c(O)ccc(Cl)c1Cl. The molecule has 2 N–H and O–H groups in total. The molecule has 0 aromatic heterocycles. The maximum atomic E-state index is 9.78. The first-order valence-corrected chi connectivity index (χ1v) is 6.25. The zero-order valence-corrected chi connectivity index (χ0v) is 11.4. The lowest BCUT2D eigenvalue weighted by Crippen LogP contribution is -1.92. The third-order valence-electron chi connectivity index (χ3n) is 2.58. The summed E-state index contributed by atoms with van der Waals surface area (Å²) in [6.45, 7) is 0. The Labute approximate surface area is 119 Å². The van der Waals surface area contributed by atoms with Gasteiger partial charge >= 0.3 is 0 Å². The summed E-state index contributed by atoms with van der Waals surface area (Å²) in [5.41, 5.74) is 1.03. The highest BCUT2D eigenvalue weighted by molar-refractivity contribution is 6.42. The minimum atomic E-state index is 0.0313. The molecule has 0 unspecified atom stereocenters. The van der Waals surface area contributed by atoms with E-state index >= 15 is 0 Å². The second-order valence-corrected chi connectivity index (χ2v) is 5.03. The number of phenols is 2. The van der Waals surface area contributed by atoms with Gasteiger partial charge in [-0.2, -0.15) is 0 Å². The number of rotatable bonds is 2. The van der Waals surface area contributed by atoms with Crippen molar-refractivity contribution in [3.63, 3.8) is 0 Å². The van der Waals surface area contributed by atoms with Gasteiger partial charge in [0.1, 0.15) is 11.5 Å².